The van der Waals surface area contributed by atoms with Gasteiger partial charge < -0.3 is 29.5 Å². The van der Waals surface area contributed by atoms with Crippen LogP contribution in [0.2, 0.25) is 0 Å². The predicted molar refractivity (Wildman–Crippen MR) is 128 cm³/mol. The van der Waals surface area contributed by atoms with Crippen LogP contribution in [0.1, 0.15) is 45.8 Å². The maximum Gasteiger partial charge on any atom is 0.410 e. The summed E-state index contributed by atoms with van der Waals surface area (Å²) in [6.45, 7) is 8.28. The van der Waals surface area contributed by atoms with E-state index < -0.39 is 23.7 Å². The zero-order valence-corrected chi connectivity index (χ0v) is 20.5. The molecule has 1 amide bonds. The van der Waals surface area contributed by atoms with Crippen LogP contribution in [-0.4, -0.2) is 72.0 Å². The number of fused-ring (bicyclic) bond motifs is 1. The van der Waals surface area contributed by atoms with Crippen LogP contribution in [-0.2, 0) is 14.3 Å². The molecule has 2 N–H and O–H groups in total. The quantitative estimate of drug-likeness (QED) is 0.591. The van der Waals surface area contributed by atoms with Gasteiger partial charge >= 0.3 is 12.1 Å². The fraction of sp³-hybridized carbons (Fsp3) is 0.560. The molecule has 0 saturated carbocycles. The first kappa shape index (κ1) is 25.7. The van der Waals surface area contributed by atoms with Gasteiger partial charge in [-0.15, -0.1) is 0 Å². The van der Waals surface area contributed by atoms with Crippen molar-refractivity contribution in [2.45, 2.75) is 51.9 Å². The highest BCUT2D eigenvalue weighted by Gasteiger charge is 2.38. The Bertz CT molecular complexity index is 1010. The second kappa shape index (κ2) is 11.0. The van der Waals surface area contributed by atoms with Crippen LogP contribution >= 0.6 is 0 Å². The van der Waals surface area contributed by atoms with Crippen molar-refractivity contribution in [1.29, 1.82) is 0 Å². The number of carbonyl (C=O) groups is 2. The van der Waals surface area contributed by atoms with Gasteiger partial charge in [0.25, 0.3) is 0 Å². The summed E-state index contributed by atoms with van der Waals surface area (Å²) in [6, 6.07) is 7.05. The number of aromatic nitrogens is 1. The zero-order chi connectivity index (χ0) is 24.9. The number of rotatable bonds is 7. The summed E-state index contributed by atoms with van der Waals surface area (Å²) in [4.78, 5) is 31.1. The highest BCUT2D eigenvalue weighted by atomic mass is 16.6. The summed E-state index contributed by atoms with van der Waals surface area (Å²) in [5, 5.41) is 15.1. The molecule has 1 aliphatic rings. The number of likely N-dealkylation sites (tertiary alicyclic amines) is 1. The van der Waals surface area contributed by atoms with Gasteiger partial charge in [0.2, 0.25) is 0 Å². The SMILES string of the molecule is CCOC(=O)[C@H]1CN(C(=O)OC(C)(C)C)CC[C@@H]1NC[C@H](O)c1ccnc2ccc(OC)cc12. The molecule has 9 nitrogen and oxygen atoms in total. The minimum Gasteiger partial charge on any atom is -0.497 e. The molecule has 2 heterocycles. The highest BCUT2D eigenvalue weighted by molar-refractivity contribution is 5.84. The van der Waals surface area contributed by atoms with Crippen molar-refractivity contribution in [2.75, 3.05) is 33.4 Å². The van der Waals surface area contributed by atoms with Gasteiger partial charge in [0.15, 0.2) is 0 Å². The third-order valence-electron chi connectivity index (χ3n) is 5.77. The number of methoxy groups -OCH3 is 1. The molecule has 1 aromatic carbocycles. The highest BCUT2D eigenvalue weighted by Crippen LogP contribution is 2.27. The molecule has 0 spiro atoms. The fourth-order valence-electron chi connectivity index (χ4n) is 4.11. The van der Waals surface area contributed by atoms with Crippen LogP contribution in [0.3, 0.4) is 0 Å². The van der Waals surface area contributed by atoms with Crippen LogP contribution < -0.4 is 10.1 Å². The molecule has 1 aliphatic heterocycles. The normalized spacial score (nSPS) is 19.5. The number of piperidine rings is 1. The number of hydrogen-bond donors (Lipinski definition) is 2. The summed E-state index contributed by atoms with van der Waals surface area (Å²) in [6.07, 6.45) is 0.913. The molecule has 9 heteroatoms. The van der Waals surface area contributed by atoms with Gasteiger partial charge in [0.1, 0.15) is 11.4 Å². The topological polar surface area (TPSA) is 110 Å². The molecular formula is C25H35N3O6. The number of esters is 1. The Labute approximate surface area is 200 Å². The van der Waals surface area contributed by atoms with E-state index in [1.54, 1.807) is 31.2 Å². The zero-order valence-electron chi connectivity index (χ0n) is 20.5. The Morgan fingerprint density at radius 2 is 2.06 bits per heavy atom. The van der Waals surface area contributed by atoms with Crippen molar-refractivity contribution in [3.05, 3.63) is 36.0 Å². The number of nitrogens with zero attached hydrogens (tertiary/aromatic N) is 2. The number of amides is 1. The average molecular weight is 474 g/mol. The van der Waals surface area contributed by atoms with Crippen molar-refractivity contribution in [2.24, 2.45) is 5.92 Å². The predicted octanol–water partition coefficient (Wildman–Crippen LogP) is 3.06. The summed E-state index contributed by atoms with van der Waals surface area (Å²) in [7, 11) is 1.59. The molecule has 34 heavy (non-hydrogen) atoms. The molecule has 1 fully saturated rings. The van der Waals surface area contributed by atoms with E-state index in [1.807, 2.05) is 39.0 Å². The number of benzene rings is 1. The Morgan fingerprint density at radius 1 is 1.29 bits per heavy atom. The molecule has 1 saturated heterocycles. The second-order valence-electron chi connectivity index (χ2n) is 9.39. The monoisotopic (exact) mass is 473 g/mol. The Kier molecular flexibility index (Phi) is 8.33. The van der Waals surface area contributed by atoms with Gasteiger partial charge in [0.05, 0.1) is 31.3 Å². The molecule has 2 aromatic rings. The minimum absolute atomic E-state index is 0.191. The maximum absolute atomic E-state index is 12.7. The number of hydrogen-bond acceptors (Lipinski definition) is 8. The summed E-state index contributed by atoms with van der Waals surface area (Å²) >= 11 is 0. The lowest BCUT2D eigenvalue weighted by Crippen LogP contribution is -2.55. The smallest absolute Gasteiger partial charge is 0.410 e. The van der Waals surface area contributed by atoms with Crippen molar-refractivity contribution in [3.63, 3.8) is 0 Å². The largest absolute Gasteiger partial charge is 0.497 e. The average Bonchev–Trinajstić information content (AvgIpc) is 2.80. The summed E-state index contributed by atoms with van der Waals surface area (Å²) < 4.78 is 16.1. The lowest BCUT2D eigenvalue weighted by molar-refractivity contribution is -0.150. The van der Waals surface area contributed by atoms with Crippen LogP contribution in [0.4, 0.5) is 4.79 Å². The van der Waals surface area contributed by atoms with Crippen LogP contribution in [0.5, 0.6) is 5.75 Å². The van der Waals surface area contributed by atoms with Gasteiger partial charge in [-0.1, -0.05) is 0 Å². The molecule has 0 unspecified atom stereocenters. The minimum atomic E-state index is -0.829. The first-order chi connectivity index (χ1) is 16.1. The summed E-state index contributed by atoms with van der Waals surface area (Å²) in [5.74, 6) is -0.261. The fourth-order valence-corrected chi connectivity index (χ4v) is 4.11. The number of aliphatic hydroxyl groups is 1. The molecule has 0 bridgehead atoms. The molecule has 1 aromatic heterocycles. The third kappa shape index (κ3) is 6.36. The first-order valence-corrected chi connectivity index (χ1v) is 11.6. The van der Waals surface area contributed by atoms with Crippen LogP contribution in [0.15, 0.2) is 30.5 Å². The lowest BCUT2D eigenvalue weighted by atomic mass is 9.91. The maximum atomic E-state index is 12.7. The van der Waals surface area contributed by atoms with E-state index in [0.29, 0.717) is 18.7 Å². The van der Waals surface area contributed by atoms with E-state index >= 15 is 0 Å². The van der Waals surface area contributed by atoms with E-state index in [-0.39, 0.29) is 31.7 Å². The van der Waals surface area contributed by atoms with Gasteiger partial charge in [-0.05, 0) is 63.9 Å². The summed E-state index contributed by atoms with van der Waals surface area (Å²) in [5.41, 5.74) is 0.855. The Balaban J connectivity index is 1.72. The van der Waals surface area contributed by atoms with Crippen molar-refractivity contribution >= 4 is 23.0 Å². The van der Waals surface area contributed by atoms with Crippen molar-refractivity contribution in [1.82, 2.24) is 15.2 Å². The first-order valence-electron chi connectivity index (χ1n) is 11.6. The van der Waals surface area contributed by atoms with E-state index in [2.05, 4.69) is 10.3 Å². The van der Waals surface area contributed by atoms with Crippen LogP contribution in [0.25, 0.3) is 10.9 Å². The van der Waals surface area contributed by atoms with E-state index in [4.69, 9.17) is 14.2 Å². The molecule has 3 rings (SSSR count). The number of pyridine rings is 1. The lowest BCUT2D eigenvalue weighted by Gasteiger charge is -2.38. The van der Waals surface area contributed by atoms with Crippen molar-refractivity contribution < 1.29 is 28.9 Å². The molecule has 0 radical (unpaired) electrons. The molecular weight excluding hydrogens is 438 g/mol. The van der Waals surface area contributed by atoms with E-state index in [9.17, 15) is 14.7 Å². The molecule has 0 aliphatic carbocycles. The van der Waals surface area contributed by atoms with Crippen molar-refractivity contribution in [3.8, 4) is 5.75 Å². The number of nitrogens with one attached hydrogen (secondary N) is 1. The van der Waals surface area contributed by atoms with Gasteiger partial charge in [0, 0.05) is 37.3 Å². The van der Waals surface area contributed by atoms with Gasteiger partial charge in [-0.2, -0.15) is 0 Å². The number of carbonyl (C=O) groups excluding carboxylic acids is 2. The molecule has 3 atom stereocenters. The van der Waals surface area contributed by atoms with Gasteiger partial charge in [-0.25, -0.2) is 4.79 Å². The van der Waals surface area contributed by atoms with E-state index in [1.165, 1.54) is 0 Å². The standard InChI is InChI=1S/C25H35N3O6/c1-6-33-23(30)19-15-28(24(31)34-25(2,3)4)12-10-21(19)27-14-22(29)17-9-11-26-20-8-7-16(32-5)13-18(17)20/h7-9,11,13,19,21-22,27,29H,6,10,12,14-15H2,1-5H3/t19-,21-,22-/m0/s1. The third-order valence-corrected chi connectivity index (χ3v) is 5.77. The van der Waals surface area contributed by atoms with Gasteiger partial charge in [-0.3, -0.25) is 9.78 Å². The number of ether oxygens (including phenoxy) is 3. The van der Waals surface area contributed by atoms with E-state index in [0.717, 1.165) is 16.5 Å². The second-order valence-corrected chi connectivity index (χ2v) is 9.39. The molecule has 186 valence electrons. The van der Waals surface area contributed by atoms with Crippen LogP contribution in [0, 0.1) is 5.92 Å². The Morgan fingerprint density at radius 3 is 2.74 bits per heavy atom. The number of aliphatic hydroxyl groups excluding tert-OH is 1. The Hall–Kier alpha value is -2.91.